The number of fused-ring (bicyclic) bond motifs is 2. The summed E-state index contributed by atoms with van der Waals surface area (Å²) in [5, 5.41) is 18.9. The van der Waals surface area contributed by atoms with E-state index in [-0.39, 0.29) is 0 Å². The second-order valence-corrected chi connectivity index (χ2v) is 3.22. The van der Waals surface area contributed by atoms with E-state index in [4.69, 9.17) is 0 Å². The Bertz CT molecular complexity index is 158. The van der Waals surface area contributed by atoms with Gasteiger partial charge in [-0.3, -0.25) is 0 Å². The third-order valence-electron chi connectivity index (χ3n) is 2.31. The first-order chi connectivity index (χ1) is 4.12. The Morgan fingerprint density at radius 1 is 1.00 bits per heavy atom. The van der Waals surface area contributed by atoms with E-state index in [9.17, 15) is 10.2 Å². The molecule has 2 unspecified atom stereocenters. The lowest BCUT2D eigenvalue weighted by molar-refractivity contribution is 0.0654. The predicted molar refractivity (Wildman–Crippen MR) is 32.9 cm³/mol. The maximum atomic E-state index is 9.46. The Balaban J connectivity index is 2.37. The van der Waals surface area contributed by atoms with Gasteiger partial charge in [-0.2, -0.15) is 0 Å². The van der Waals surface area contributed by atoms with Crippen molar-refractivity contribution in [3.05, 3.63) is 12.2 Å². The van der Waals surface area contributed by atoms with Crippen LogP contribution >= 0.6 is 0 Å². The zero-order valence-electron chi connectivity index (χ0n) is 5.17. The van der Waals surface area contributed by atoms with Gasteiger partial charge in [0.2, 0.25) is 0 Å². The summed E-state index contributed by atoms with van der Waals surface area (Å²) < 4.78 is 0. The number of rotatable bonds is 0. The Labute approximate surface area is 53.8 Å². The van der Waals surface area contributed by atoms with E-state index in [1.807, 2.05) is 0 Å². The first-order valence-electron chi connectivity index (χ1n) is 3.27. The van der Waals surface area contributed by atoms with E-state index in [1.54, 1.807) is 12.2 Å². The van der Waals surface area contributed by atoms with Crippen molar-refractivity contribution in [3.63, 3.8) is 0 Å². The normalized spacial score (nSPS) is 54.9. The van der Waals surface area contributed by atoms with Crippen molar-refractivity contribution in [3.8, 4) is 0 Å². The molecule has 9 heavy (non-hydrogen) atoms. The second kappa shape index (κ2) is 1.22. The summed E-state index contributed by atoms with van der Waals surface area (Å²) in [4.78, 5) is 0. The van der Waals surface area contributed by atoms with Crippen molar-refractivity contribution in [1.82, 2.24) is 0 Å². The number of hydrogen-bond donors (Lipinski definition) is 2. The van der Waals surface area contributed by atoms with E-state index < -0.39 is 11.2 Å². The van der Waals surface area contributed by atoms with Crippen molar-refractivity contribution >= 4 is 0 Å². The zero-order valence-corrected chi connectivity index (χ0v) is 5.17. The Hall–Kier alpha value is -0.340. The molecule has 0 aromatic carbocycles. The molecule has 0 amide bonds. The highest BCUT2D eigenvalue weighted by atomic mass is 16.3. The van der Waals surface area contributed by atoms with Crippen LogP contribution in [0.2, 0.25) is 0 Å². The summed E-state index contributed by atoms with van der Waals surface area (Å²) in [7, 11) is 0. The summed E-state index contributed by atoms with van der Waals surface area (Å²) in [5.41, 5.74) is -1.32. The van der Waals surface area contributed by atoms with E-state index in [2.05, 4.69) is 0 Å². The quantitative estimate of drug-likeness (QED) is 0.455. The average molecular weight is 126 g/mol. The number of aliphatic hydroxyl groups is 2. The van der Waals surface area contributed by atoms with Gasteiger partial charge < -0.3 is 10.2 Å². The molecule has 1 saturated carbocycles. The molecule has 0 heterocycles. The van der Waals surface area contributed by atoms with E-state index >= 15 is 0 Å². The molecule has 2 aliphatic carbocycles. The Morgan fingerprint density at radius 2 is 1.44 bits per heavy atom. The molecule has 2 atom stereocenters. The molecule has 2 aliphatic rings. The molecule has 2 nitrogen and oxygen atoms in total. The lowest BCUT2D eigenvalue weighted by Gasteiger charge is -2.12. The summed E-state index contributed by atoms with van der Waals surface area (Å²) in [5.74, 6) is 0. The largest absolute Gasteiger partial charge is 0.386 e. The summed E-state index contributed by atoms with van der Waals surface area (Å²) in [6.07, 6.45) is 5.40. The molecule has 0 spiro atoms. The summed E-state index contributed by atoms with van der Waals surface area (Å²) >= 11 is 0. The van der Waals surface area contributed by atoms with Crippen LogP contribution in [-0.2, 0) is 0 Å². The second-order valence-electron chi connectivity index (χ2n) is 3.22. The van der Waals surface area contributed by atoms with Crippen LogP contribution in [0.5, 0.6) is 0 Å². The fraction of sp³-hybridized carbons (Fsp3) is 0.714. The van der Waals surface area contributed by atoms with Crippen LogP contribution < -0.4 is 0 Å². The molecule has 0 aromatic rings. The molecule has 0 aromatic heterocycles. The Morgan fingerprint density at radius 3 is 1.56 bits per heavy atom. The van der Waals surface area contributed by atoms with Crippen molar-refractivity contribution in [1.29, 1.82) is 0 Å². The van der Waals surface area contributed by atoms with Crippen LogP contribution in [0.4, 0.5) is 0 Å². The van der Waals surface area contributed by atoms with Gasteiger partial charge in [-0.25, -0.2) is 0 Å². The zero-order chi connectivity index (χ0) is 6.54. The predicted octanol–water partition coefficient (Wildman–Crippen LogP) is 0.202. The minimum atomic E-state index is -0.658. The van der Waals surface area contributed by atoms with Crippen LogP contribution in [0.3, 0.4) is 0 Å². The van der Waals surface area contributed by atoms with E-state index in [0.29, 0.717) is 6.42 Å². The highest BCUT2D eigenvalue weighted by molar-refractivity contribution is 5.25. The van der Waals surface area contributed by atoms with Gasteiger partial charge in [0.05, 0.1) is 11.2 Å². The van der Waals surface area contributed by atoms with Gasteiger partial charge in [-0.05, 0) is 12.8 Å². The third kappa shape index (κ3) is 0.635. The van der Waals surface area contributed by atoms with Gasteiger partial charge in [-0.1, -0.05) is 12.2 Å². The monoisotopic (exact) mass is 126 g/mol. The topological polar surface area (TPSA) is 40.5 Å². The van der Waals surface area contributed by atoms with Crippen LogP contribution in [0.15, 0.2) is 12.2 Å². The third-order valence-corrected chi connectivity index (χ3v) is 2.31. The van der Waals surface area contributed by atoms with Crippen molar-refractivity contribution in [2.45, 2.75) is 30.5 Å². The van der Waals surface area contributed by atoms with Crippen LogP contribution in [-0.4, -0.2) is 21.4 Å². The maximum Gasteiger partial charge on any atom is 0.0860 e. The van der Waals surface area contributed by atoms with Gasteiger partial charge in [0, 0.05) is 6.42 Å². The van der Waals surface area contributed by atoms with E-state index in [0.717, 1.165) is 12.8 Å². The lowest BCUT2D eigenvalue weighted by atomic mass is 10.0. The molecule has 0 saturated heterocycles. The fourth-order valence-corrected chi connectivity index (χ4v) is 1.73. The first kappa shape index (κ1) is 5.45. The minimum Gasteiger partial charge on any atom is -0.386 e. The molecule has 2 heteroatoms. The minimum absolute atomic E-state index is 0.514. The molecular weight excluding hydrogens is 116 g/mol. The standard InChI is InChI=1S/C7H10O2/c8-6-1-2-7(9,5-6)4-3-6/h1-2,8-9H,3-5H2. The summed E-state index contributed by atoms with van der Waals surface area (Å²) in [6, 6.07) is 0. The maximum absolute atomic E-state index is 9.46. The van der Waals surface area contributed by atoms with Gasteiger partial charge in [0.15, 0.2) is 0 Å². The average Bonchev–Trinajstić information content (AvgIpc) is 2.19. The van der Waals surface area contributed by atoms with Gasteiger partial charge in [0.25, 0.3) is 0 Å². The van der Waals surface area contributed by atoms with E-state index in [1.165, 1.54) is 0 Å². The fourth-order valence-electron chi connectivity index (χ4n) is 1.73. The first-order valence-corrected chi connectivity index (χ1v) is 3.27. The highest BCUT2D eigenvalue weighted by Gasteiger charge is 2.48. The van der Waals surface area contributed by atoms with Gasteiger partial charge >= 0.3 is 0 Å². The van der Waals surface area contributed by atoms with Crippen LogP contribution in [0.25, 0.3) is 0 Å². The SMILES string of the molecule is OC12C=CC(O)(CC1)C2. The molecule has 0 aliphatic heterocycles. The number of hydrogen-bond acceptors (Lipinski definition) is 2. The van der Waals surface area contributed by atoms with Crippen molar-refractivity contribution in [2.75, 3.05) is 0 Å². The van der Waals surface area contributed by atoms with Gasteiger partial charge in [-0.15, -0.1) is 0 Å². The smallest absolute Gasteiger partial charge is 0.0860 e. The van der Waals surface area contributed by atoms with Crippen molar-refractivity contribution in [2.24, 2.45) is 0 Å². The van der Waals surface area contributed by atoms with Gasteiger partial charge in [0.1, 0.15) is 0 Å². The molecule has 2 rings (SSSR count). The van der Waals surface area contributed by atoms with Crippen LogP contribution in [0, 0.1) is 0 Å². The summed E-state index contributed by atoms with van der Waals surface area (Å²) in [6.45, 7) is 0. The molecule has 2 N–H and O–H groups in total. The lowest BCUT2D eigenvalue weighted by Crippen LogP contribution is -2.20. The highest BCUT2D eigenvalue weighted by Crippen LogP contribution is 2.44. The molecular formula is C7H10O2. The molecule has 1 fully saturated rings. The molecule has 2 bridgehead atoms. The molecule has 50 valence electrons. The Kier molecular flexibility index (Phi) is 0.741. The van der Waals surface area contributed by atoms with Crippen molar-refractivity contribution < 1.29 is 10.2 Å². The van der Waals surface area contributed by atoms with Crippen LogP contribution in [0.1, 0.15) is 19.3 Å². The molecule has 0 radical (unpaired) electrons.